The monoisotopic (exact) mass is 496 g/mol. The van der Waals surface area contributed by atoms with Crippen LogP contribution in [0.15, 0.2) is 72.3 Å². The molecule has 9 heteroatoms. The van der Waals surface area contributed by atoms with Crippen LogP contribution >= 0.6 is 23.2 Å². The number of barbiturate groups is 1. The first-order valence-corrected chi connectivity index (χ1v) is 10.8. The van der Waals surface area contributed by atoms with Gasteiger partial charge in [-0.05, 0) is 41.5 Å². The van der Waals surface area contributed by atoms with Gasteiger partial charge in [-0.15, -0.1) is 0 Å². The number of benzene rings is 3. The van der Waals surface area contributed by atoms with E-state index in [-0.39, 0.29) is 21.3 Å². The van der Waals surface area contributed by atoms with Gasteiger partial charge in [0.25, 0.3) is 11.8 Å². The third-order valence-corrected chi connectivity index (χ3v) is 5.82. The molecule has 172 valence electrons. The molecule has 0 unspecified atom stereocenters. The van der Waals surface area contributed by atoms with E-state index >= 15 is 0 Å². The maximum atomic E-state index is 13.2. The van der Waals surface area contributed by atoms with Crippen molar-refractivity contribution in [1.82, 2.24) is 5.32 Å². The quantitative estimate of drug-likeness (QED) is 0.372. The number of halogens is 2. The molecule has 0 aromatic heterocycles. The Morgan fingerprint density at radius 3 is 2.44 bits per heavy atom. The standard InChI is InChI=1S/C25H18Cl2N2O5/c1-33-20-11-10-16(13-21(20)34-14-15-6-3-2-4-7-15)12-17-23(30)28-25(32)29(24(17)31)19-9-5-8-18(26)22(19)27/h2-13H,14H2,1H3,(H,28,30,32)/b17-12+. The Morgan fingerprint density at radius 2 is 1.71 bits per heavy atom. The number of amides is 4. The highest BCUT2D eigenvalue weighted by Gasteiger charge is 2.38. The number of imide groups is 2. The van der Waals surface area contributed by atoms with Crippen LogP contribution in [-0.4, -0.2) is 25.0 Å². The van der Waals surface area contributed by atoms with Crippen molar-refractivity contribution in [1.29, 1.82) is 0 Å². The minimum absolute atomic E-state index is 0.0161. The first-order valence-electron chi connectivity index (χ1n) is 10.1. The van der Waals surface area contributed by atoms with Crippen LogP contribution in [0.5, 0.6) is 11.5 Å². The van der Waals surface area contributed by atoms with Crippen molar-refractivity contribution in [3.63, 3.8) is 0 Å². The highest BCUT2D eigenvalue weighted by molar-refractivity contribution is 6.46. The van der Waals surface area contributed by atoms with Gasteiger partial charge >= 0.3 is 6.03 Å². The molecule has 0 aliphatic carbocycles. The molecule has 34 heavy (non-hydrogen) atoms. The molecule has 1 fully saturated rings. The number of carbonyl (C=O) groups is 3. The van der Waals surface area contributed by atoms with Crippen molar-refractivity contribution < 1.29 is 23.9 Å². The molecule has 1 aliphatic heterocycles. The highest BCUT2D eigenvalue weighted by atomic mass is 35.5. The van der Waals surface area contributed by atoms with E-state index in [2.05, 4.69) is 5.32 Å². The molecule has 4 amide bonds. The topological polar surface area (TPSA) is 84.9 Å². The summed E-state index contributed by atoms with van der Waals surface area (Å²) in [6.07, 6.45) is 1.37. The minimum Gasteiger partial charge on any atom is -0.493 e. The molecular weight excluding hydrogens is 479 g/mol. The van der Waals surface area contributed by atoms with Crippen molar-refractivity contribution in [3.8, 4) is 11.5 Å². The third-order valence-electron chi connectivity index (χ3n) is 5.01. The molecule has 0 bridgehead atoms. The number of nitrogens with one attached hydrogen (secondary N) is 1. The number of methoxy groups -OCH3 is 1. The van der Waals surface area contributed by atoms with Crippen molar-refractivity contribution >= 4 is 52.8 Å². The van der Waals surface area contributed by atoms with E-state index in [0.29, 0.717) is 23.7 Å². The zero-order valence-electron chi connectivity index (χ0n) is 17.9. The van der Waals surface area contributed by atoms with Gasteiger partial charge in [0.2, 0.25) is 0 Å². The number of nitrogens with zero attached hydrogens (tertiary/aromatic N) is 1. The lowest BCUT2D eigenvalue weighted by Gasteiger charge is -2.27. The fraction of sp³-hybridized carbons (Fsp3) is 0.0800. The fourth-order valence-electron chi connectivity index (χ4n) is 3.34. The minimum atomic E-state index is -0.919. The van der Waals surface area contributed by atoms with E-state index in [1.165, 1.54) is 25.3 Å². The maximum Gasteiger partial charge on any atom is 0.336 e. The first kappa shape index (κ1) is 23.4. The lowest BCUT2D eigenvalue weighted by atomic mass is 10.1. The second kappa shape index (κ2) is 9.99. The highest BCUT2D eigenvalue weighted by Crippen LogP contribution is 2.35. The molecule has 1 heterocycles. The molecule has 3 aromatic rings. The van der Waals surface area contributed by atoms with Crippen molar-refractivity contribution in [2.75, 3.05) is 12.0 Å². The molecule has 0 spiro atoms. The Bertz CT molecular complexity index is 1310. The van der Waals surface area contributed by atoms with Crippen molar-refractivity contribution in [3.05, 3.63) is 93.5 Å². The number of carbonyl (C=O) groups excluding carboxylic acids is 3. The van der Waals surface area contributed by atoms with Crippen molar-refractivity contribution in [2.24, 2.45) is 0 Å². The predicted octanol–water partition coefficient (Wildman–Crippen LogP) is 5.25. The number of ether oxygens (including phenoxy) is 2. The van der Waals surface area contributed by atoms with Crippen LogP contribution in [-0.2, 0) is 16.2 Å². The zero-order chi connectivity index (χ0) is 24.2. The van der Waals surface area contributed by atoms with Gasteiger partial charge < -0.3 is 9.47 Å². The van der Waals surface area contributed by atoms with E-state index in [0.717, 1.165) is 10.5 Å². The second-order valence-corrected chi connectivity index (χ2v) is 8.00. The largest absolute Gasteiger partial charge is 0.493 e. The average Bonchev–Trinajstić information content (AvgIpc) is 2.83. The number of urea groups is 1. The Kier molecular flexibility index (Phi) is 6.86. The Morgan fingerprint density at radius 1 is 0.941 bits per heavy atom. The summed E-state index contributed by atoms with van der Waals surface area (Å²) in [5.74, 6) is -0.748. The van der Waals surface area contributed by atoms with Gasteiger partial charge in [0.1, 0.15) is 12.2 Å². The molecule has 3 aromatic carbocycles. The van der Waals surface area contributed by atoms with Gasteiger partial charge in [0.05, 0.1) is 22.8 Å². The van der Waals surface area contributed by atoms with Crippen LogP contribution < -0.4 is 19.7 Å². The van der Waals surface area contributed by atoms with Gasteiger partial charge in [-0.1, -0.05) is 65.7 Å². The van der Waals surface area contributed by atoms with Gasteiger partial charge in [0.15, 0.2) is 11.5 Å². The summed E-state index contributed by atoms with van der Waals surface area (Å²) in [5.41, 5.74) is 1.27. The normalized spacial score (nSPS) is 14.9. The van der Waals surface area contributed by atoms with E-state index in [1.807, 2.05) is 30.3 Å². The summed E-state index contributed by atoms with van der Waals surface area (Å²) < 4.78 is 11.3. The molecule has 7 nitrogen and oxygen atoms in total. The molecule has 1 N–H and O–H groups in total. The van der Waals surface area contributed by atoms with Crippen LogP contribution in [0.2, 0.25) is 10.0 Å². The SMILES string of the molecule is COc1ccc(/C=C2\C(=O)NC(=O)N(c3cccc(Cl)c3Cl)C2=O)cc1OCc1ccccc1. The Balaban J connectivity index is 1.66. The lowest BCUT2D eigenvalue weighted by Crippen LogP contribution is -2.54. The number of hydrogen-bond acceptors (Lipinski definition) is 5. The second-order valence-electron chi connectivity index (χ2n) is 7.22. The number of anilines is 1. The number of hydrogen-bond donors (Lipinski definition) is 1. The summed E-state index contributed by atoms with van der Waals surface area (Å²) in [4.78, 5) is 38.9. The average molecular weight is 497 g/mol. The summed E-state index contributed by atoms with van der Waals surface area (Å²) in [7, 11) is 1.51. The summed E-state index contributed by atoms with van der Waals surface area (Å²) in [5, 5.41) is 2.34. The first-order chi connectivity index (χ1) is 16.4. The van der Waals surface area contributed by atoms with Crippen LogP contribution in [0.1, 0.15) is 11.1 Å². The Hall–Kier alpha value is -3.81. The smallest absolute Gasteiger partial charge is 0.336 e. The molecule has 4 rings (SSSR count). The zero-order valence-corrected chi connectivity index (χ0v) is 19.4. The number of rotatable bonds is 6. The molecule has 1 saturated heterocycles. The van der Waals surface area contributed by atoms with Gasteiger partial charge in [-0.3, -0.25) is 14.9 Å². The molecule has 1 aliphatic rings. The molecule has 0 saturated carbocycles. The van der Waals surface area contributed by atoms with Crippen molar-refractivity contribution in [2.45, 2.75) is 6.61 Å². The van der Waals surface area contributed by atoms with E-state index in [1.54, 1.807) is 24.3 Å². The van der Waals surface area contributed by atoms with Crippen LogP contribution in [0.25, 0.3) is 6.08 Å². The fourth-order valence-corrected chi connectivity index (χ4v) is 3.72. The lowest BCUT2D eigenvalue weighted by molar-refractivity contribution is -0.122. The summed E-state index contributed by atoms with van der Waals surface area (Å²) >= 11 is 12.2. The Labute approximate surface area is 205 Å². The van der Waals surface area contributed by atoms with Crippen LogP contribution in [0, 0.1) is 0 Å². The van der Waals surface area contributed by atoms with Gasteiger partial charge in [-0.2, -0.15) is 0 Å². The molecular formula is C25H18Cl2N2O5. The van der Waals surface area contributed by atoms with Gasteiger partial charge in [0, 0.05) is 0 Å². The molecule has 0 radical (unpaired) electrons. The van der Waals surface area contributed by atoms with Gasteiger partial charge in [-0.25, -0.2) is 9.69 Å². The molecule has 0 atom stereocenters. The summed E-state index contributed by atoms with van der Waals surface area (Å²) in [6, 6.07) is 18.2. The van der Waals surface area contributed by atoms with E-state index in [9.17, 15) is 14.4 Å². The van der Waals surface area contributed by atoms with E-state index in [4.69, 9.17) is 32.7 Å². The van der Waals surface area contributed by atoms with E-state index < -0.39 is 17.8 Å². The van der Waals surface area contributed by atoms with Crippen LogP contribution in [0.4, 0.5) is 10.5 Å². The maximum absolute atomic E-state index is 13.2. The summed E-state index contributed by atoms with van der Waals surface area (Å²) in [6.45, 7) is 0.298. The third kappa shape index (κ3) is 4.76. The van der Waals surface area contributed by atoms with Crippen LogP contribution in [0.3, 0.4) is 0 Å². The predicted molar refractivity (Wildman–Crippen MR) is 129 cm³/mol.